The molecule has 1 unspecified atom stereocenters. The Morgan fingerprint density at radius 1 is 1.53 bits per heavy atom. The maximum absolute atomic E-state index is 11.4. The topological polar surface area (TPSA) is 90.2 Å². The Labute approximate surface area is 88.0 Å². The summed E-state index contributed by atoms with van der Waals surface area (Å²) in [6.07, 6.45) is 0. The maximum atomic E-state index is 11.4. The van der Waals surface area contributed by atoms with Gasteiger partial charge in [-0.1, -0.05) is 6.07 Å². The van der Waals surface area contributed by atoms with Crippen molar-refractivity contribution < 1.29 is 13.5 Å². The second-order valence-electron chi connectivity index (χ2n) is 2.97. The van der Waals surface area contributed by atoms with E-state index >= 15 is 0 Å². The summed E-state index contributed by atoms with van der Waals surface area (Å²) in [4.78, 5) is 0. The molecule has 0 aliphatic carbocycles. The Bertz CT molecular complexity index is 490. The fraction of sp³-hybridized carbons (Fsp3) is 0.222. The molecular formula is C9H10N2O3S. The minimum absolute atomic E-state index is 0.0418. The lowest BCUT2D eigenvalue weighted by atomic mass is 10.3. The monoisotopic (exact) mass is 226 g/mol. The van der Waals surface area contributed by atoms with Gasteiger partial charge in [0.25, 0.3) is 0 Å². The molecule has 2 N–H and O–H groups in total. The molecule has 0 saturated carbocycles. The van der Waals surface area contributed by atoms with Gasteiger partial charge in [-0.2, -0.15) is 5.26 Å². The zero-order valence-electron chi connectivity index (χ0n) is 8.01. The van der Waals surface area contributed by atoms with Gasteiger partial charge in [-0.15, -0.1) is 0 Å². The van der Waals surface area contributed by atoms with Crippen molar-refractivity contribution >= 4 is 15.7 Å². The third kappa shape index (κ3) is 2.86. The summed E-state index contributed by atoms with van der Waals surface area (Å²) in [6.45, 7) is 1.28. The van der Waals surface area contributed by atoms with E-state index in [9.17, 15) is 8.42 Å². The first kappa shape index (κ1) is 11.3. The van der Waals surface area contributed by atoms with Crippen molar-refractivity contribution in [2.24, 2.45) is 0 Å². The van der Waals surface area contributed by atoms with Crippen molar-refractivity contribution in [3.05, 3.63) is 24.3 Å². The first-order valence-corrected chi connectivity index (χ1v) is 5.70. The quantitative estimate of drug-likeness (QED) is 0.805. The zero-order chi connectivity index (χ0) is 11.5. The van der Waals surface area contributed by atoms with Crippen LogP contribution in [0.15, 0.2) is 24.3 Å². The van der Waals surface area contributed by atoms with Crippen LogP contribution >= 0.6 is 0 Å². The lowest BCUT2D eigenvalue weighted by Crippen LogP contribution is -2.23. The molecule has 0 aromatic heterocycles. The first-order chi connectivity index (χ1) is 6.95. The lowest BCUT2D eigenvalue weighted by molar-refractivity contribution is 0.475. The normalized spacial score (nSPS) is 12.8. The molecule has 1 aromatic carbocycles. The molecular weight excluding hydrogens is 216 g/mol. The van der Waals surface area contributed by atoms with E-state index < -0.39 is 15.3 Å². The number of phenols is 1. The fourth-order valence-corrected chi connectivity index (χ4v) is 1.66. The SMILES string of the molecule is CC(C#N)S(=O)(=O)Nc1cccc(O)c1. The van der Waals surface area contributed by atoms with E-state index in [2.05, 4.69) is 4.72 Å². The molecule has 0 radical (unpaired) electrons. The molecule has 1 rings (SSSR count). The minimum Gasteiger partial charge on any atom is -0.508 e. The largest absolute Gasteiger partial charge is 0.508 e. The van der Waals surface area contributed by atoms with Gasteiger partial charge in [0.15, 0.2) is 5.25 Å². The third-order valence-electron chi connectivity index (χ3n) is 1.75. The highest BCUT2D eigenvalue weighted by Gasteiger charge is 2.19. The highest BCUT2D eigenvalue weighted by Crippen LogP contribution is 2.17. The Kier molecular flexibility index (Phi) is 3.17. The Morgan fingerprint density at radius 2 is 2.20 bits per heavy atom. The smallest absolute Gasteiger partial charge is 0.248 e. The van der Waals surface area contributed by atoms with Crippen LogP contribution < -0.4 is 4.72 Å². The van der Waals surface area contributed by atoms with Crippen LogP contribution in [0.5, 0.6) is 5.75 Å². The molecule has 0 fully saturated rings. The third-order valence-corrected chi connectivity index (χ3v) is 3.31. The number of rotatable bonds is 3. The summed E-state index contributed by atoms with van der Waals surface area (Å²) in [6, 6.07) is 7.31. The lowest BCUT2D eigenvalue weighted by Gasteiger charge is -2.08. The molecule has 1 aromatic rings. The molecule has 0 saturated heterocycles. The first-order valence-electron chi connectivity index (χ1n) is 4.16. The number of nitrogens with zero attached hydrogens (tertiary/aromatic N) is 1. The van der Waals surface area contributed by atoms with Crippen LogP contribution in [-0.4, -0.2) is 18.8 Å². The van der Waals surface area contributed by atoms with Crippen LogP contribution in [0.25, 0.3) is 0 Å². The Balaban J connectivity index is 2.93. The van der Waals surface area contributed by atoms with E-state index in [0.29, 0.717) is 0 Å². The molecule has 0 aliphatic heterocycles. The van der Waals surface area contributed by atoms with Crippen molar-refractivity contribution in [1.82, 2.24) is 0 Å². The van der Waals surface area contributed by atoms with Gasteiger partial charge in [-0.05, 0) is 19.1 Å². The van der Waals surface area contributed by atoms with Crippen LogP contribution in [0.1, 0.15) is 6.92 Å². The number of benzene rings is 1. The highest BCUT2D eigenvalue weighted by molar-refractivity contribution is 7.93. The van der Waals surface area contributed by atoms with Gasteiger partial charge in [0.05, 0.1) is 11.8 Å². The fourth-order valence-electron chi connectivity index (χ4n) is 0.891. The van der Waals surface area contributed by atoms with Crippen LogP contribution in [0.4, 0.5) is 5.69 Å². The standard InChI is InChI=1S/C9H10N2O3S/c1-7(6-10)15(13,14)11-8-3-2-4-9(12)5-8/h2-5,7,11-12H,1H3. The summed E-state index contributed by atoms with van der Waals surface area (Å²) < 4.78 is 25.1. The van der Waals surface area contributed by atoms with Gasteiger partial charge < -0.3 is 5.11 Å². The second kappa shape index (κ2) is 4.19. The number of hydrogen-bond donors (Lipinski definition) is 2. The predicted molar refractivity (Wildman–Crippen MR) is 55.7 cm³/mol. The molecule has 0 spiro atoms. The van der Waals surface area contributed by atoms with Crippen LogP contribution in [0.3, 0.4) is 0 Å². The molecule has 0 amide bonds. The summed E-state index contributed by atoms with van der Waals surface area (Å²) in [5.41, 5.74) is 0.233. The highest BCUT2D eigenvalue weighted by atomic mass is 32.2. The summed E-state index contributed by atoms with van der Waals surface area (Å²) in [7, 11) is -3.70. The van der Waals surface area contributed by atoms with Gasteiger partial charge in [0.1, 0.15) is 5.75 Å². The summed E-state index contributed by atoms with van der Waals surface area (Å²) in [5.74, 6) is -0.0418. The van der Waals surface area contributed by atoms with E-state index in [0.717, 1.165) is 0 Å². The summed E-state index contributed by atoms with van der Waals surface area (Å²) in [5, 5.41) is 16.5. The number of hydrogen-bond acceptors (Lipinski definition) is 4. The molecule has 80 valence electrons. The molecule has 6 heteroatoms. The van der Waals surface area contributed by atoms with Crippen LogP contribution in [-0.2, 0) is 10.0 Å². The van der Waals surface area contributed by atoms with Crippen molar-refractivity contribution in [3.8, 4) is 11.8 Å². The average Bonchev–Trinajstić information content (AvgIpc) is 2.15. The van der Waals surface area contributed by atoms with E-state index in [4.69, 9.17) is 10.4 Å². The van der Waals surface area contributed by atoms with E-state index in [1.807, 2.05) is 0 Å². The Hall–Kier alpha value is -1.74. The molecule has 15 heavy (non-hydrogen) atoms. The van der Waals surface area contributed by atoms with E-state index in [1.54, 1.807) is 6.07 Å². The number of sulfonamides is 1. The van der Waals surface area contributed by atoms with Crippen molar-refractivity contribution in [1.29, 1.82) is 5.26 Å². The average molecular weight is 226 g/mol. The Morgan fingerprint density at radius 3 is 2.73 bits per heavy atom. The number of phenolic OH excluding ortho intramolecular Hbond substituents is 1. The zero-order valence-corrected chi connectivity index (χ0v) is 8.82. The van der Waals surface area contributed by atoms with Crippen LogP contribution in [0, 0.1) is 11.3 Å². The molecule has 5 nitrogen and oxygen atoms in total. The van der Waals surface area contributed by atoms with Gasteiger partial charge in [-0.3, -0.25) is 4.72 Å². The van der Waals surface area contributed by atoms with E-state index in [1.165, 1.54) is 31.2 Å². The molecule has 0 bridgehead atoms. The van der Waals surface area contributed by atoms with E-state index in [-0.39, 0.29) is 11.4 Å². The minimum atomic E-state index is -3.70. The number of anilines is 1. The van der Waals surface area contributed by atoms with Crippen molar-refractivity contribution in [3.63, 3.8) is 0 Å². The maximum Gasteiger partial charge on any atom is 0.248 e. The molecule has 0 aliphatic rings. The van der Waals surface area contributed by atoms with Crippen molar-refractivity contribution in [2.75, 3.05) is 4.72 Å². The number of nitriles is 1. The van der Waals surface area contributed by atoms with Crippen LogP contribution in [0.2, 0.25) is 0 Å². The van der Waals surface area contributed by atoms with Gasteiger partial charge in [0.2, 0.25) is 10.0 Å². The van der Waals surface area contributed by atoms with Crippen molar-refractivity contribution in [2.45, 2.75) is 12.2 Å². The molecule has 0 heterocycles. The predicted octanol–water partition coefficient (Wildman–Crippen LogP) is 1.05. The van der Waals surface area contributed by atoms with Gasteiger partial charge >= 0.3 is 0 Å². The number of nitrogens with one attached hydrogen (secondary N) is 1. The molecule has 1 atom stereocenters. The van der Waals surface area contributed by atoms with Gasteiger partial charge in [0, 0.05) is 6.07 Å². The second-order valence-corrected chi connectivity index (χ2v) is 4.97. The summed E-state index contributed by atoms with van der Waals surface area (Å²) >= 11 is 0. The number of aromatic hydroxyl groups is 1. The van der Waals surface area contributed by atoms with Gasteiger partial charge in [-0.25, -0.2) is 8.42 Å².